The lowest BCUT2D eigenvalue weighted by Gasteiger charge is -2.42. The van der Waals surface area contributed by atoms with Crippen molar-refractivity contribution in [1.82, 2.24) is 10.2 Å². The van der Waals surface area contributed by atoms with Gasteiger partial charge < -0.3 is 58.6 Å². The minimum Gasteiger partial charge on any atom is -0.460 e. The van der Waals surface area contributed by atoms with E-state index < -0.39 is 116 Å². The van der Waals surface area contributed by atoms with Crippen LogP contribution in [0.5, 0.6) is 0 Å². The van der Waals surface area contributed by atoms with E-state index in [1.165, 1.54) is 14.2 Å². The Morgan fingerprint density at radius 2 is 1.61 bits per heavy atom. The summed E-state index contributed by atoms with van der Waals surface area (Å²) in [5.74, 6) is -8.79. The van der Waals surface area contributed by atoms with Gasteiger partial charge in [-0.1, -0.05) is 71.1 Å². The van der Waals surface area contributed by atoms with Gasteiger partial charge >= 0.3 is 19.9 Å². The summed E-state index contributed by atoms with van der Waals surface area (Å²) in [6.45, 7) is 11.8. The molecule has 2 bridgehead atoms. The Bertz CT molecular complexity index is 2120. The summed E-state index contributed by atoms with van der Waals surface area (Å²) in [5, 5.41) is 25.9. The van der Waals surface area contributed by atoms with Crippen molar-refractivity contribution in [3.05, 3.63) is 47.6 Å². The maximum Gasteiger partial charge on any atom is 0.469 e. The van der Waals surface area contributed by atoms with Crippen LogP contribution in [0.15, 0.2) is 47.6 Å². The number of aliphatic hydroxyl groups excluding tert-OH is 1. The maximum atomic E-state index is 14.5. The summed E-state index contributed by atoms with van der Waals surface area (Å²) in [7, 11) is -0.325. The number of carbonyl (C=O) groups excluding carboxylic acids is 6. The molecule has 1 saturated carbocycles. The number of Topliss-reactive ketones (excluding diaryl/α,β-unsaturated/α-hetero) is 3. The van der Waals surface area contributed by atoms with E-state index in [0.29, 0.717) is 63.4 Å². The molecule has 0 aromatic rings. The lowest BCUT2D eigenvalue weighted by molar-refractivity contribution is -0.265. The number of aliphatic hydroxyl groups is 2. The first-order chi connectivity index (χ1) is 35.3. The van der Waals surface area contributed by atoms with Crippen LogP contribution in [0.4, 0.5) is 4.79 Å². The van der Waals surface area contributed by atoms with Crippen LogP contribution < -0.4 is 5.32 Å². The average molecular weight is 1080 g/mol. The molecule has 9 unspecified atom stereocenters. The standard InChI is InChI=1S/C54H85N2O18P/c1-32-16-12-11-13-17-33(2)44(68-8)30-40-21-19-38(7)54(64,74-40)50(60)51(61)56-24-15-14-18-41(56)52(62)72-45(31-42(57)34(3)27-37(6)48(59)49(70-10)47(58)36(5)26-32)35(4)28-39-20-22-43(46(29-39)69-9)73-53(63)55-23-25-71-75(65,66)67/h11-13,16-17,27,32,34-36,38-41,43-46,48-49,59,64H,14-15,18-26,28-31H2,1-10H3,(H,55,63)(H2,65,66,67)/b13-11+,16-12+,33-17+,37-27+/t32?,34?,35?,36-,38-,39?,40?,41+,43-,44?,45?,46?,48-,49?,54-/m1/s1. The second kappa shape index (κ2) is 29.7. The third-order valence-corrected chi connectivity index (χ3v) is 15.9. The van der Waals surface area contributed by atoms with E-state index in [-0.39, 0.29) is 55.8 Å². The maximum absolute atomic E-state index is 14.5. The van der Waals surface area contributed by atoms with Crippen LogP contribution in [0.1, 0.15) is 126 Å². The van der Waals surface area contributed by atoms with Crippen molar-refractivity contribution >= 4 is 43.1 Å². The quantitative estimate of drug-likeness (QED) is 0.0520. The molecule has 0 radical (unpaired) electrons. The molecular weight excluding hydrogens is 996 g/mol. The zero-order chi connectivity index (χ0) is 55.8. The Labute approximate surface area is 442 Å². The fourth-order valence-corrected chi connectivity index (χ4v) is 11.1. The van der Waals surface area contributed by atoms with Gasteiger partial charge in [0.05, 0.1) is 24.9 Å². The number of methoxy groups -OCH3 is 3. The smallest absolute Gasteiger partial charge is 0.460 e. The number of nitrogens with zero attached hydrogens (tertiary/aromatic N) is 1. The molecule has 3 fully saturated rings. The third kappa shape index (κ3) is 18.6. The highest BCUT2D eigenvalue weighted by molar-refractivity contribution is 7.46. The van der Waals surface area contributed by atoms with Crippen molar-refractivity contribution in [2.75, 3.05) is 41.0 Å². The van der Waals surface area contributed by atoms with Crippen molar-refractivity contribution < 1.29 is 86.3 Å². The van der Waals surface area contributed by atoms with Gasteiger partial charge in [0, 0.05) is 65.0 Å². The predicted octanol–water partition coefficient (Wildman–Crippen LogP) is 6.02. The Kier molecular flexibility index (Phi) is 25.2. The molecule has 5 N–H and O–H groups in total. The van der Waals surface area contributed by atoms with Crippen molar-refractivity contribution in [1.29, 1.82) is 0 Å². The van der Waals surface area contributed by atoms with E-state index in [1.54, 1.807) is 40.9 Å². The van der Waals surface area contributed by atoms with Crippen molar-refractivity contribution in [2.45, 2.75) is 180 Å². The van der Waals surface area contributed by atoms with Crippen LogP contribution in [0.3, 0.4) is 0 Å². The number of rotatable bonds is 11. The van der Waals surface area contributed by atoms with Gasteiger partial charge in [-0.3, -0.25) is 23.7 Å². The molecule has 424 valence electrons. The lowest BCUT2D eigenvalue weighted by atomic mass is 9.78. The molecule has 0 aromatic carbocycles. The highest BCUT2D eigenvalue weighted by atomic mass is 31.2. The summed E-state index contributed by atoms with van der Waals surface area (Å²) < 4.78 is 50.6. The molecule has 20 nitrogen and oxygen atoms in total. The highest BCUT2D eigenvalue weighted by Crippen LogP contribution is 2.39. The van der Waals surface area contributed by atoms with Crippen LogP contribution in [-0.2, 0) is 61.5 Å². The van der Waals surface area contributed by atoms with Gasteiger partial charge in [0.25, 0.3) is 11.7 Å². The Morgan fingerprint density at radius 1 is 0.893 bits per heavy atom. The number of hydrogen-bond acceptors (Lipinski definition) is 16. The van der Waals surface area contributed by atoms with Crippen molar-refractivity contribution in [2.24, 2.45) is 35.5 Å². The largest absolute Gasteiger partial charge is 0.469 e. The molecule has 3 heterocycles. The zero-order valence-electron chi connectivity index (χ0n) is 45.6. The van der Waals surface area contributed by atoms with Gasteiger partial charge in [-0.05, 0) is 107 Å². The van der Waals surface area contributed by atoms with Crippen LogP contribution in [0.25, 0.3) is 0 Å². The summed E-state index contributed by atoms with van der Waals surface area (Å²) in [4.78, 5) is 103. The Hall–Kier alpha value is -3.95. The van der Waals surface area contributed by atoms with E-state index in [0.717, 1.165) is 10.5 Å². The fourth-order valence-electron chi connectivity index (χ4n) is 10.7. The number of piperidine rings is 1. The number of carbonyl (C=O) groups is 6. The number of allylic oxidation sites excluding steroid dienone is 6. The molecule has 2 amide bonds. The van der Waals surface area contributed by atoms with Gasteiger partial charge in [0.15, 0.2) is 5.78 Å². The van der Waals surface area contributed by atoms with Crippen LogP contribution in [0, 0.1) is 35.5 Å². The first kappa shape index (κ1) is 63.6. The third-order valence-electron chi connectivity index (χ3n) is 15.3. The van der Waals surface area contributed by atoms with Crippen molar-refractivity contribution in [3.63, 3.8) is 0 Å². The van der Waals surface area contributed by atoms with Gasteiger partial charge in [-0.25, -0.2) is 14.2 Å². The van der Waals surface area contributed by atoms with Crippen LogP contribution in [0.2, 0.25) is 0 Å². The van der Waals surface area contributed by atoms with Crippen molar-refractivity contribution in [3.8, 4) is 0 Å². The van der Waals surface area contributed by atoms with E-state index in [4.69, 9.17) is 38.2 Å². The van der Waals surface area contributed by atoms with Gasteiger partial charge in [-0.2, -0.15) is 0 Å². The summed E-state index contributed by atoms with van der Waals surface area (Å²) in [6, 6.07) is -1.22. The lowest BCUT2D eigenvalue weighted by Crippen LogP contribution is -2.61. The molecule has 0 spiro atoms. The monoisotopic (exact) mass is 1080 g/mol. The first-order valence-electron chi connectivity index (χ1n) is 26.5. The number of cyclic esters (lactones) is 1. The van der Waals surface area contributed by atoms with Crippen LogP contribution in [-0.4, -0.2) is 156 Å². The Morgan fingerprint density at radius 3 is 2.28 bits per heavy atom. The molecule has 4 aliphatic rings. The topological polar surface area (TPSA) is 280 Å². The normalized spacial score (nSPS) is 36.7. The fraction of sp³-hybridized carbons (Fsp3) is 0.741. The summed E-state index contributed by atoms with van der Waals surface area (Å²) in [6.07, 6.45) is 8.63. The first-order valence-corrected chi connectivity index (χ1v) is 28.0. The second-order valence-electron chi connectivity index (χ2n) is 21.2. The number of hydrogen-bond donors (Lipinski definition) is 5. The number of esters is 1. The number of nitrogens with one attached hydrogen (secondary N) is 1. The molecule has 21 heteroatoms. The van der Waals surface area contributed by atoms with E-state index in [9.17, 15) is 43.5 Å². The molecule has 15 atom stereocenters. The van der Waals surface area contributed by atoms with E-state index in [2.05, 4.69) is 9.84 Å². The number of alkyl carbamates (subject to hydrolysis) is 1. The number of phosphoric acid groups is 1. The molecule has 4 rings (SSSR count). The highest BCUT2D eigenvalue weighted by Gasteiger charge is 2.53. The molecule has 2 saturated heterocycles. The second-order valence-corrected chi connectivity index (χ2v) is 22.5. The summed E-state index contributed by atoms with van der Waals surface area (Å²) >= 11 is 0. The number of phosphoric ester groups is 1. The molecular formula is C54H85N2O18P. The van der Waals surface area contributed by atoms with Gasteiger partial charge in [-0.15, -0.1) is 0 Å². The Balaban J connectivity index is 1.65. The van der Waals surface area contributed by atoms with Gasteiger partial charge in [0.2, 0.25) is 5.79 Å². The predicted molar refractivity (Wildman–Crippen MR) is 275 cm³/mol. The van der Waals surface area contributed by atoms with Gasteiger partial charge in [0.1, 0.15) is 36.2 Å². The molecule has 75 heavy (non-hydrogen) atoms. The molecule has 0 aromatic heterocycles. The zero-order valence-corrected chi connectivity index (χ0v) is 46.4. The van der Waals surface area contributed by atoms with Crippen LogP contribution >= 0.6 is 7.82 Å². The average Bonchev–Trinajstić information content (AvgIpc) is 3.36. The molecule has 1 aliphatic carbocycles. The summed E-state index contributed by atoms with van der Waals surface area (Å²) in [5.41, 5.74) is 1.19. The number of fused-ring (bicyclic) bond motifs is 3. The van der Waals surface area contributed by atoms with E-state index in [1.807, 2.05) is 51.2 Å². The number of ketones is 3. The van der Waals surface area contributed by atoms with E-state index >= 15 is 0 Å². The minimum absolute atomic E-state index is 0.0159. The minimum atomic E-state index is -4.71. The SMILES string of the molecule is COC1CC2CC[C@@H](C)[C@@](O)(O2)C(=O)C(=O)N2CCCC[C@H]2C(=O)OC(C(C)CC2CC[C@@H](OC(=O)NCCOP(=O)(O)O)C(OC)C2)CC(=O)C(C)/C=C(\C)[C@@H](O)C(OC)C(=O)[C@H](C)CC(C)/C=C/C=C/C=C/1C. The number of ether oxygens (including phenoxy) is 6. The number of amides is 2. The molecule has 3 aliphatic heterocycles.